The highest BCUT2D eigenvalue weighted by molar-refractivity contribution is 5.96. The number of para-hydroxylation sites is 1. The first-order chi connectivity index (χ1) is 16.5. The number of ketones is 1. The third-order valence-corrected chi connectivity index (χ3v) is 6.43. The normalized spacial score (nSPS) is 18.1. The van der Waals surface area contributed by atoms with Gasteiger partial charge in [-0.25, -0.2) is 14.8 Å². The molecular formula is C25H28N4O5. The number of hydrogen-bond donors (Lipinski definition) is 2. The van der Waals surface area contributed by atoms with E-state index in [4.69, 9.17) is 19.4 Å². The van der Waals surface area contributed by atoms with Gasteiger partial charge in [0.2, 0.25) is 0 Å². The number of methoxy groups -OCH3 is 1. The van der Waals surface area contributed by atoms with Crippen molar-refractivity contribution in [2.24, 2.45) is 5.92 Å². The van der Waals surface area contributed by atoms with Gasteiger partial charge in [-0.2, -0.15) is 0 Å². The molecule has 2 aliphatic rings. The number of nitrogens with zero attached hydrogens (tertiary/aromatic N) is 3. The standard InChI is InChI=1S/C25H28N4O5/c1-14-26-22-19(28-18-7-5-6-17(25(31)32)23(18)33-2)12-16(13-20(30)15-9-10-15)27-24(22)29(14)21-8-3-4-11-34-21/h5-7,12,15,21H,3-4,8-11,13H2,1-2H3,(H,27,28)(H,31,32). The Hall–Kier alpha value is -3.46. The molecule has 0 amide bonds. The molecule has 9 nitrogen and oxygen atoms in total. The molecule has 1 saturated carbocycles. The molecule has 0 bridgehead atoms. The number of anilines is 2. The third kappa shape index (κ3) is 4.23. The van der Waals surface area contributed by atoms with Crippen molar-refractivity contribution in [2.45, 2.75) is 51.7 Å². The number of carboxylic acid groups (broad SMARTS) is 1. The fourth-order valence-corrected chi connectivity index (χ4v) is 4.58. The van der Waals surface area contributed by atoms with Crippen LogP contribution in [-0.2, 0) is 16.0 Å². The second kappa shape index (κ2) is 9.06. The van der Waals surface area contributed by atoms with Crippen molar-refractivity contribution in [2.75, 3.05) is 19.0 Å². The van der Waals surface area contributed by atoms with Crippen molar-refractivity contribution in [1.29, 1.82) is 0 Å². The summed E-state index contributed by atoms with van der Waals surface area (Å²) in [6.07, 6.45) is 4.94. The first-order valence-corrected chi connectivity index (χ1v) is 11.7. The SMILES string of the molecule is COc1c(Nc2cc(CC(=O)C3CC3)nc3c2nc(C)n3C2CCCCO2)cccc1C(=O)O. The lowest BCUT2D eigenvalue weighted by atomic mass is 10.1. The number of rotatable bonds is 8. The molecule has 1 aliphatic heterocycles. The highest BCUT2D eigenvalue weighted by Crippen LogP contribution is 2.37. The summed E-state index contributed by atoms with van der Waals surface area (Å²) < 4.78 is 13.5. The average molecular weight is 465 g/mol. The molecule has 178 valence electrons. The second-order valence-corrected chi connectivity index (χ2v) is 8.92. The van der Waals surface area contributed by atoms with Crippen LogP contribution in [0.2, 0.25) is 0 Å². The van der Waals surface area contributed by atoms with Crippen LogP contribution in [0.25, 0.3) is 11.2 Å². The summed E-state index contributed by atoms with van der Waals surface area (Å²) in [7, 11) is 1.44. The predicted molar refractivity (Wildman–Crippen MR) is 126 cm³/mol. The van der Waals surface area contributed by atoms with Gasteiger partial charge in [-0.15, -0.1) is 0 Å². The lowest BCUT2D eigenvalue weighted by Gasteiger charge is -2.25. The van der Waals surface area contributed by atoms with Gasteiger partial charge < -0.3 is 19.9 Å². The van der Waals surface area contributed by atoms with E-state index in [1.54, 1.807) is 12.1 Å². The van der Waals surface area contributed by atoms with E-state index in [-0.39, 0.29) is 35.7 Å². The maximum Gasteiger partial charge on any atom is 0.339 e. The van der Waals surface area contributed by atoms with Gasteiger partial charge in [0.15, 0.2) is 11.4 Å². The summed E-state index contributed by atoms with van der Waals surface area (Å²) >= 11 is 0. The molecule has 2 fully saturated rings. The number of pyridine rings is 1. The Morgan fingerprint density at radius 1 is 1.21 bits per heavy atom. The van der Waals surface area contributed by atoms with Crippen molar-refractivity contribution in [3.8, 4) is 5.75 Å². The summed E-state index contributed by atoms with van der Waals surface area (Å²) in [5.41, 5.74) is 3.13. The fraction of sp³-hybridized carbons (Fsp3) is 0.440. The van der Waals surface area contributed by atoms with Crippen LogP contribution in [0.3, 0.4) is 0 Å². The molecular weight excluding hydrogens is 436 g/mol. The molecule has 1 atom stereocenters. The van der Waals surface area contributed by atoms with Crippen LogP contribution < -0.4 is 10.1 Å². The lowest BCUT2D eigenvalue weighted by Crippen LogP contribution is -2.19. The molecule has 0 spiro atoms. The predicted octanol–water partition coefficient (Wildman–Crippen LogP) is 4.41. The first kappa shape index (κ1) is 22.3. The maximum atomic E-state index is 12.6. The summed E-state index contributed by atoms with van der Waals surface area (Å²) in [6.45, 7) is 2.61. The maximum absolute atomic E-state index is 12.6. The van der Waals surface area contributed by atoms with Crippen LogP contribution >= 0.6 is 0 Å². The van der Waals surface area contributed by atoms with E-state index in [1.807, 2.05) is 17.6 Å². The minimum Gasteiger partial charge on any atom is -0.494 e. The third-order valence-electron chi connectivity index (χ3n) is 6.43. The van der Waals surface area contributed by atoms with E-state index < -0.39 is 5.97 Å². The van der Waals surface area contributed by atoms with Crippen LogP contribution in [0.4, 0.5) is 11.4 Å². The molecule has 34 heavy (non-hydrogen) atoms. The number of ether oxygens (including phenoxy) is 2. The van der Waals surface area contributed by atoms with Gasteiger partial charge in [-0.3, -0.25) is 9.36 Å². The van der Waals surface area contributed by atoms with E-state index in [0.29, 0.717) is 34.8 Å². The van der Waals surface area contributed by atoms with Crippen LogP contribution in [-0.4, -0.2) is 45.1 Å². The number of fused-ring (bicyclic) bond motifs is 1. The Morgan fingerprint density at radius 3 is 2.71 bits per heavy atom. The molecule has 1 aliphatic carbocycles. The van der Waals surface area contributed by atoms with Gasteiger partial charge in [0, 0.05) is 18.9 Å². The monoisotopic (exact) mass is 464 g/mol. The molecule has 1 saturated heterocycles. The molecule has 1 aromatic carbocycles. The number of carbonyl (C=O) groups is 2. The number of nitrogens with one attached hydrogen (secondary N) is 1. The number of benzene rings is 1. The van der Waals surface area contributed by atoms with E-state index >= 15 is 0 Å². The molecule has 0 radical (unpaired) electrons. The Morgan fingerprint density at radius 2 is 2.03 bits per heavy atom. The molecule has 2 aromatic heterocycles. The van der Waals surface area contributed by atoms with Crippen molar-refractivity contribution in [1.82, 2.24) is 14.5 Å². The van der Waals surface area contributed by atoms with Crippen molar-refractivity contribution >= 4 is 34.3 Å². The lowest BCUT2D eigenvalue weighted by molar-refractivity contribution is -0.119. The summed E-state index contributed by atoms with van der Waals surface area (Å²) in [5, 5.41) is 12.9. The van der Waals surface area contributed by atoms with Gasteiger partial charge in [0.1, 0.15) is 28.9 Å². The summed E-state index contributed by atoms with van der Waals surface area (Å²) in [6, 6.07) is 6.73. The van der Waals surface area contributed by atoms with Gasteiger partial charge in [0.25, 0.3) is 0 Å². The van der Waals surface area contributed by atoms with Crippen LogP contribution in [0.1, 0.15) is 60.2 Å². The Balaban J connectivity index is 1.62. The zero-order chi connectivity index (χ0) is 23.8. The molecule has 3 heterocycles. The Bertz CT molecular complexity index is 1260. The largest absolute Gasteiger partial charge is 0.494 e. The van der Waals surface area contributed by atoms with Crippen molar-refractivity contribution in [3.63, 3.8) is 0 Å². The molecule has 9 heteroatoms. The van der Waals surface area contributed by atoms with Crippen molar-refractivity contribution < 1.29 is 24.2 Å². The summed E-state index contributed by atoms with van der Waals surface area (Å²) in [5.74, 6) is 0.247. The molecule has 2 N–H and O–H groups in total. The van der Waals surface area contributed by atoms with Crippen molar-refractivity contribution in [3.05, 3.63) is 41.3 Å². The van der Waals surface area contributed by atoms with Gasteiger partial charge >= 0.3 is 5.97 Å². The van der Waals surface area contributed by atoms with Gasteiger partial charge in [-0.1, -0.05) is 6.07 Å². The number of aryl methyl sites for hydroxylation is 1. The Labute approximate surface area is 197 Å². The first-order valence-electron chi connectivity index (χ1n) is 11.7. The topological polar surface area (TPSA) is 116 Å². The van der Waals surface area contributed by atoms with Gasteiger partial charge in [0.05, 0.1) is 24.2 Å². The smallest absolute Gasteiger partial charge is 0.339 e. The van der Waals surface area contributed by atoms with E-state index in [9.17, 15) is 14.7 Å². The number of hydrogen-bond acceptors (Lipinski definition) is 7. The number of imidazole rings is 1. The van der Waals surface area contributed by atoms with Crippen LogP contribution in [0.5, 0.6) is 5.75 Å². The number of aromatic carboxylic acids is 1. The molecule has 5 rings (SSSR count). The average Bonchev–Trinajstić information content (AvgIpc) is 3.62. The number of aromatic nitrogens is 3. The minimum absolute atomic E-state index is 0.0549. The zero-order valence-corrected chi connectivity index (χ0v) is 19.3. The highest BCUT2D eigenvalue weighted by atomic mass is 16.5. The van der Waals surface area contributed by atoms with E-state index in [0.717, 1.165) is 37.9 Å². The molecule has 3 aromatic rings. The highest BCUT2D eigenvalue weighted by Gasteiger charge is 2.30. The Kier molecular flexibility index (Phi) is 5.95. The van der Waals surface area contributed by atoms with E-state index in [1.165, 1.54) is 13.2 Å². The molecule has 1 unspecified atom stereocenters. The zero-order valence-electron chi connectivity index (χ0n) is 19.3. The van der Waals surface area contributed by atoms with E-state index in [2.05, 4.69) is 5.32 Å². The van der Waals surface area contributed by atoms with Crippen LogP contribution in [0.15, 0.2) is 24.3 Å². The number of carbonyl (C=O) groups excluding carboxylic acids is 1. The van der Waals surface area contributed by atoms with Crippen LogP contribution in [0, 0.1) is 12.8 Å². The summed E-state index contributed by atoms with van der Waals surface area (Å²) in [4.78, 5) is 33.9. The number of Topliss-reactive ketones (excluding diaryl/α,β-unsaturated/α-hetero) is 1. The fourth-order valence-electron chi connectivity index (χ4n) is 4.58. The minimum atomic E-state index is -1.08. The quantitative estimate of drug-likeness (QED) is 0.504. The number of carboxylic acids is 1. The van der Waals surface area contributed by atoms with Gasteiger partial charge in [-0.05, 0) is 57.2 Å². The second-order valence-electron chi connectivity index (χ2n) is 8.92.